The van der Waals surface area contributed by atoms with Crippen LogP contribution < -0.4 is 15.8 Å². The lowest BCUT2D eigenvalue weighted by atomic mass is 10.0. The van der Waals surface area contributed by atoms with E-state index < -0.39 is 0 Å². The second-order valence-corrected chi connectivity index (χ2v) is 5.18. The molecule has 0 aliphatic heterocycles. The smallest absolute Gasteiger partial charge is 0.258 e. The normalized spacial score (nSPS) is 13.6. The van der Waals surface area contributed by atoms with E-state index in [1.165, 1.54) is 5.56 Å². The van der Waals surface area contributed by atoms with Crippen LogP contribution in [0, 0.1) is 0 Å². The molecule has 0 fully saturated rings. The predicted octanol–water partition coefficient (Wildman–Crippen LogP) is 2.26. The maximum absolute atomic E-state index is 11.6. The van der Waals surface area contributed by atoms with E-state index >= 15 is 0 Å². The molecule has 112 valence electrons. The van der Waals surface area contributed by atoms with Crippen molar-refractivity contribution in [1.82, 2.24) is 5.32 Å². The van der Waals surface area contributed by atoms with E-state index in [9.17, 15) is 4.79 Å². The van der Waals surface area contributed by atoms with Crippen molar-refractivity contribution in [2.24, 2.45) is 5.73 Å². The van der Waals surface area contributed by atoms with Gasteiger partial charge in [-0.3, -0.25) is 4.79 Å². The van der Waals surface area contributed by atoms with Gasteiger partial charge in [0.25, 0.3) is 5.91 Å². The zero-order chi connectivity index (χ0) is 15.0. The standard InChI is InChI=1S/C16H26N2O2/c1-4-12(3)18-16(19)11-20-15-8-6-13(7-9-15)10-14(17)5-2/h6-9,12,14H,4-5,10-11,17H2,1-3H3,(H,18,19). The molecule has 4 nitrogen and oxygen atoms in total. The van der Waals surface area contributed by atoms with E-state index in [0.717, 1.165) is 19.3 Å². The molecule has 0 saturated carbocycles. The number of hydrogen-bond donors (Lipinski definition) is 2. The minimum atomic E-state index is -0.0866. The van der Waals surface area contributed by atoms with Crippen LogP contribution in [0.4, 0.5) is 0 Å². The Hall–Kier alpha value is -1.55. The first-order valence-corrected chi connectivity index (χ1v) is 7.31. The van der Waals surface area contributed by atoms with Gasteiger partial charge in [-0.05, 0) is 43.9 Å². The number of carbonyl (C=O) groups excluding carboxylic acids is 1. The van der Waals surface area contributed by atoms with E-state index in [1.807, 2.05) is 38.1 Å². The monoisotopic (exact) mass is 278 g/mol. The van der Waals surface area contributed by atoms with Gasteiger partial charge in [0.2, 0.25) is 0 Å². The Morgan fingerprint density at radius 1 is 1.25 bits per heavy atom. The van der Waals surface area contributed by atoms with E-state index in [1.54, 1.807) is 0 Å². The van der Waals surface area contributed by atoms with Crippen LogP contribution in [-0.2, 0) is 11.2 Å². The van der Waals surface area contributed by atoms with Gasteiger partial charge in [-0.1, -0.05) is 26.0 Å². The van der Waals surface area contributed by atoms with Crippen LogP contribution in [0.5, 0.6) is 5.75 Å². The van der Waals surface area contributed by atoms with Crippen LogP contribution in [0.15, 0.2) is 24.3 Å². The summed E-state index contributed by atoms with van der Waals surface area (Å²) in [6.45, 7) is 6.14. The molecule has 1 aromatic carbocycles. The molecule has 1 amide bonds. The quantitative estimate of drug-likeness (QED) is 0.766. The van der Waals surface area contributed by atoms with Crippen LogP contribution in [-0.4, -0.2) is 24.6 Å². The van der Waals surface area contributed by atoms with Crippen LogP contribution in [0.2, 0.25) is 0 Å². The average Bonchev–Trinajstić information content (AvgIpc) is 2.46. The van der Waals surface area contributed by atoms with Gasteiger partial charge in [0, 0.05) is 12.1 Å². The molecule has 0 spiro atoms. The zero-order valence-corrected chi connectivity index (χ0v) is 12.7. The molecular weight excluding hydrogens is 252 g/mol. The van der Waals surface area contributed by atoms with Gasteiger partial charge in [-0.25, -0.2) is 0 Å². The third-order valence-electron chi connectivity index (χ3n) is 3.34. The fourth-order valence-electron chi connectivity index (χ4n) is 1.74. The fourth-order valence-corrected chi connectivity index (χ4v) is 1.74. The summed E-state index contributed by atoms with van der Waals surface area (Å²) in [7, 11) is 0. The van der Waals surface area contributed by atoms with Gasteiger partial charge in [-0.2, -0.15) is 0 Å². The van der Waals surface area contributed by atoms with Gasteiger partial charge < -0.3 is 15.8 Å². The van der Waals surface area contributed by atoms with Crippen molar-refractivity contribution >= 4 is 5.91 Å². The molecule has 0 radical (unpaired) electrons. The third-order valence-corrected chi connectivity index (χ3v) is 3.34. The van der Waals surface area contributed by atoms with E-state index in [2.05, 4.69) is 12.2 Å². The lowest BCUT2D eigenvalue weighted by Crippen LogP contribution is -2.35. The molecule has 20 heavy (non-hydrogen) atoms. The molecule has 2 atom stereocenters. The minimum absolute atomic E-state index is 0.0537. The molecule has 1 aromatic rings. The molecule has 0 saturated heterocycles. The summed E-state index contributed by atoms with van der Waals surface area (Å²) >= 11 is 0. The van der Waals surface area contributed by atoms with Gasteiger partial charge in [-0.15, -0.1) is 0 Å². The second-order valence-electron chi connectivity index (χ2n) is 5.18. The maximum atomic E-state index is 11.6. The van der Waals surface area contributed by atoms with E-state index in [0.29, 0.717) is 5.75 Å². The Morgan fingerprint density at radius 3 is 2.45 bits per heavy atom. The predicted molar refractivity (Wildman–Crippen MR) is 81.8 cm³/mol. The van der Waals surface area contributed by atoms with Crippen LogP contribution >= 0.6 is 0 Å². The molecule has 0 aromatic heterocycles. The summed E-state index contributed by atoms with van der Waals surface area (Å²) < 4.78 is 5.46. The van der Waals surface area contributed by atoms with Crippen molar-refractivity contribution in [2.75, 3.05) is 6.61 Å². The van der Waals surface area contributed by atoms with Gasteiger partial charge in [0.05, 0.1) is 0 Å². The summed E-state index contributed by atoms with van der Waals surface area (Å²) in [5.74, 6) is 0.620. The summed E-state index contributed by atoms with van der Waals surface area (Å²) in [5, 5.41) is 2.86. The molecule has 0 aliphatic rings. The first-order chi connectivity index (χ1) is 9.55. The first-order valence-electron chi connectivity index (χ1n) is 7.31. The summed E-state index contributed by atoms with van der Waals surface area (Å²) in [6, 6.07) is 8.14. The molecular formula is C16H26N2O2. The number of benzene rings is 1. The largest absolute Gasteiger partial charge is 0.484 e. The van der Waals surface area contributed by atoms with Crippen LogP contribution in [0.1, 0.15) is 39.2 Å². The van der Waals surface area contributed by atoms with Gasteiger partial charge in [0.1, 0.15) is 5.75 Å². The third kappa shape index (κ3) is 6.06. The average molecular weight is 278 g/mol. The highest BCUT2D eigenvalue weighted by molar-refractivity contribution is 5.77. The molecule has 0 aliphatic carbocycles. The molecule has 3 N–H and O–H groups in total. The van der Waals surface area contributed by atoms with E-state index in [-0.39, 0.29) is 24.6 Å². The SMILES string of the molecule is CCC(N)Cc1ccc(OCC(=O)NC(C)CC)cc1. The first kappa shape index (κ1) is 16.5. The molecule has 0 heterocycles. The number of nitrogens with two attached hydrogens (primary N) is 1. The van der Waals surface area contributed by atoms with Crippen LogP contribution in [0.25, 0.3) is 0 Å². The van der Waals surface area contributed by atoms with Gasteiger partial charge in [0.15, 0.2) is 6.61 Å². The Kier molecular flexibility index (Phi) is 7.09. The number of nitrogens with one attached hydrogen (secondary N) is 1. The summed E-state index contributed by atoms with van der Waals surface area (Å²) in [5.41, 5.74) is 7.11. The highest BCUT2D eigenvalue weighted by Gasteiger charge is 2.06. The van der Waals surface area contributed by atoms with Gasteiger partial charge >= 0.3 is 0 Å². The Labute approximate surface area is 121 Å². The molecule has 2 unspecified atom stereocenters. The molecule has 1 rings (SSSR count). The Bertz CT molecular complexity index is 403. The minimum Gasteiger partial charge on any atom is -0.484 e. The fraction of sp³-hybridized carbons (Fsp3) is 0.562. The molecule has 4 heteroatoms. The van der Waals surface area contributed by atoms with Crippen molar-refractivity contribution in [1.29, 1.82) is 0 Å². The lowest BCUT2D eigenvalue weighted by Gasteiger charge is -2.12. The number of amides is 1. The lowest BCUT2D eigenvalue weighted by molar-refractivity contribution is -0.123. The summed E-state index contributed by atoms with van der Waals surface area (Å²) in [6.07, 6.45) is 2.75. The number of carbonyl (C=O) groups is 1. The number of ether oxygens (including phenoxy) is 1. The Balaban J connectivity index is 2.40. The van der Waals surface area contributed by atoms with Crippen molar-refractivity contribution in [3.8, 4) is 5.75 Å². The van der Waals surface area contributed by atoms with Crippen LogP contribution in [0.3, 0.4) is 0 Å². The topological polar surface area (TPSA) is 64.3 Å². The number of hydrogen-bond acceptors (Lipinski definition) is 3. The zero-order valence-electron chi connectivity index (χ0n) is 12.7. The second kappa shape index (κ2) is 8.59. The highest BCUT2D eigenvalue weighted by Crippen LogP contribution is 2.13. The molecule has 0 bridgehead atoms. The van der Waals surface area contributed by atoms with Crippen molar-refractivity contribution < 1.29 is 9.53 Å². The van der Waals surface area contributed by atoms with E-state index in [4.69, 9.17) is 10.5 Å². The van der Waals surface area contributed by atoms with Crippen molar-refractivity contribution in [2.45, 2.75) is 52.1 Å². The van der Waals surface area contributed by atoms with Crippen molar-refractivity contribution in [3.63, 3.8) is 0 Å². The summed E-state index contributed by atoms with van der Waals surface area (Å²) in [4.78, 5) is 11.6. The Morgan fingerprint density at radius 2 is 1.90 bits per heavy atom. The maximum Gasteiger partial charge on any atom is 0.258 e. The highest BCUT2D eigenvalue weighted by atomic mass is 16.5. The number of rotatable bonds is 8. The van der Waals surface area contributed by atoms with Crippen molar-refractivity contribution in [3.05, 3.63) is 29.8 Å².